The van der Waals surface area contributed by atoms with Crippen molar-refractivity contribution in [3.63, 3.8) is 0 Å². The number of nitrogens with zero attached hydrogens (tertiary/aromatic N) is 2. The van der Waals surface area contributed by atoms with Crippen LogP contribution in [0, 0.1) is 20.2 Å². The van der Waals surface area contributed by atoms with Crippen LogP contribution < -0.4 is 0 Å². The molecule has 0 bridgehead atoms. The number of nitro benzene ring substituents is 2. The number of benzene rings is 1. The van der Waals surface area contributed by atoms with Crippen molar-refractivity contribution in [1.82, 2.24) is 0 Å². The Morgan fingerprint density at radius 1 is 1.00 bits per heavy atom. The third-order valence-electron chi connectivity index (χ3n) is 1.25. The SMILES string of the molecule is O=[N+]([O-])c1cccc([N+](=O)[O-])c1.[NaH]. The maximum atomic E-state index is 10.2. The quantitative estimate of drug-likeness (QED) is 0.395. The first-order valence-electron chi connectivity index (χ1n) is 3.00. The number of nitro groups is 2. The van der Waals surface area contributed by atoms with Crippen LogP contribution in [0.3, 0.4) is 0 Å². The fourth-order valence-corrected chi connectivity index (χ4v) is 0.720. The molecule has 1 rings (SSSR count). The molecule has 7 heteroatoms. The van der Waals surface area contributed by atoms with Gasteiger partial charge in [0.2, 0.25) is 0 Å². The fraction of sp³-hybridized carbons (Fsp3) is 0. The molecule has 0 saturated heterocycles. The molecule has 0 heterocycles. The van der Waals surface area contributed by atoms with E-state index in [9.17, 15) is 20.2 Å². The van der Waals surface area contributed by atoms with Crippen LogP contribution in [0.25, 0.3) is 0 Å². The average Bonchev–Trinajstić information content (AvgIpc) is 2.04. The molecule has 13 heavy (non-hydrogen) atoms. The van der Waals surface area contributed by atoms with E-state index in [1.165, 1.54) is 18.2 Å². The second kappa shape index (κ2) is 4.90. The van der Waals surface area contributed by atoms with Gasteiger partial charge in [0.1, 0.15) is 0 Å². The molecule has 1 aromatic carbocycles. The van der Waals surface area contributed by atoms with E-state index in [4.69, 9.17) is 0 Å². The molecule has 0 unspecified atom stereocenters. The van der Waals surface area contributed by atoms with Gasteiger partial charge in [0, 0.05) is 12.1 Å². The summed E-state index contributed by atoms with van der Waals surface area (Å²) >= 11 is 0. The number of hydrogen-bond donors (Lipinski definition) is 0. The van der Waals surface area contributed by atoms with E-state index in [0.717, 1.165) is 6.07 Å². The van der Waals surface area contributed by atoms with E-state index in [1.807, 2.05) is 0 Å². The van der Waals surface area contributed by atoms with Crippen LogP contribution in [0.1, 0.15) is 0 Å². The summed E-state index contributed by atoms with van der Waals surface area (Å²) in [6.07, 6.45) is 0. The molecule has 64 valence electrons. The van der Waals surface area contributed by atoms with Crippen LogP contribution in [0.15, 0.2) is 24.3 Å². The number of hydrogen-bond acceptors (Lipinski definition) is 4. The van der Waals surface area contributed by atoms with Gasteiger partial charge in [0.15, 0.2) is 0 Å². The zero-order valence-corrected chi connectivity index (χ0v) is 5.84. The Labute approximate surface area is 95.2 Å². The first kappa shape index (κ1) is 12.0. The molecule has 0 saturated carbocycles. The zero-order chi connectivity index (χ0) is 9.14. The van der Waals surface area contributed by atoms with Gasteiger partial charge in [-0.15, -0.1) is 0 Å². The molecular formula is C6H5N2NaO4. The summed E-state index contributed by atoms with van der Waals surface area (Å²) in [5.41, 5.74) is -0.548. The van der Waals surface area contributed by atoms with Crippen LogP contribution in [0.5, 0.6) is 0 Å². The third-order valence-corrected chi connectivity index (χ3v) is 1.25. The second-order valence-electron chi connectivity index (χ2n) is 2.03. The predicted molar refractivity (Wildman–Crippen MR) is 46.9 cm³/mol. The molecule has 0 aliphatic heterocycles. The van der Waals surface area contributed by atoms with E-state index in [-0.39, 0.29) is 40.9 Å². The molecular weight excluding hydrogens is 187 g/mol. The van der Waals surface area contributed by atoms with Gasteiger partial charge >= 0.3 is 29.6 Å². The molecule has 0 radical (unpaired) electrons. The monoisotopic (exact) mass is 192 g/mol. The normalized spacial score (nSPS) is 8.62. The number of rotatable bonds is 2. The zero-order valence-electron chi connectivity index (χ0n) is 5.84. The summed E-state index contributed by atoms with van der Waals surface area (Å²) in [5, 5.41) is 20.3. The van der Waals surface area contributed by atoms with E-state index >= 15 is 0 Å². The van der Waals surface area contributed by atoms with Gasteiger partial charge in [0.05, 0.1) is 15.9 Å². The van der Waals surface area contributed by atoms with E-state index in [0.29, 0.717) is 0 Å². The van der Waals surface area contributed by atoms with Crippen molar-refractivity contribution in [1.29, 1.82) is 0 Å². The predicted octanol–water partition coefficient (Wildman–Crippen LogP) is 0.854. The Bertz CT molecular complexity index is 312. The number of non-ortho nitro benzene ring substituents is 2. The summed E-state index contributed by atoms with van der Waals surface area (Å²) in [6, 6.07) is 4.59. The van der Waals surface area contributed by atoms with Crippen molar-refractivity contribution in [2.24, 2.45) is 0 Å². The molecule has 1 aromatic rings. The van der Waals surface area contributed by atoms with Gasteiger partial charge in [-0.25, -0.2) is 0 Å². The first-order valence-corrected chi connectivity index (χ1v) is 3.00. The van der Waals surface area contributed by atoms with E-state index in [2.05, 4.69) is 0 Å². The van der Waals surface area contributed by atoms with Crippen LogP contribution in [-0.4, -0.2) is 39.4 Å². The van der Waals surface area contributed by atoms with E-state index in [1.54, 1.807) is 0 Å². The van der Waals surface area contributed by atoms with Gasteiger partial charge < -0.3 is 0 Å². The van der Waals surface area contributed by atoms with Gasteiger partial charge in [-0.2, -0.15) is 0 Å². The van der Waals surface area contributed by atoms with Gasteiger partial charge in [-0.05, 0) is 6.07 Å². The second-order valence-corrected chi connectivity index (χ2v) is 2.03. The summed E-state index contributed by atoms with van der Waals surface area (Å²) in [5.74, 6) is 0. The van der Waals surface area contributed by atoms with Crippen molar-refractivity contribution in [2.75, 3.05) is 0 Å². The molecule has 0 fully saturated rings. The minimum absolute atomic E-state index is 0. The minimum atomic E-state index is -0.674. The molecule has 0 atom stereocenters. The standard InChI is InChI=1S/C6H4N2O4.Na.H/c9-7(10)5-2-1-3-6(4-5)8(11)12;;/h1-4H;;. The van der Waals surface area contributed by atoms with Crippen LogP contribution in [0.2, 0.25) is 0 Å². The molecule has 6 nitrogen and oxygen atoms in total. The Morgan fingerprint density at radius 2 is 1.38 bits per heavy atom. The Hall–Kier alpha value is -0.980. The van der Waals surface area contributed by atoms with Gasteiger partial charge in [-0.1, -0.05) is 0 Å². The Morgan fingerprint density at radius 3 is 1.69 bits per heavy atom. The van der Waals surface area contributed by atoms with E-state index < -0.39 is 9.85 Å². The van der Waals surface area contributed by atoms with Crippen LogP contribution in [0.4, 0.5) is 11.4 Å². The van der Waals surface area contributed by atoms with Crippen LogP contribution in [-0.2, 0) is 0 Å². The Balaban J connectivity index is 0.00000144. The van der Waals surface area contributed by atoms with Gasteiger partial charge in [0.25, 0.3) is 11.4 Å². The summed E-state index contributed by atoms with van der Waals surface area (Å²) in [6.45, 7) is 0. The molecule has 0 aliphatic rings. The van der Waals surface area contributed by atoms with Crippen molar-refractivity contribution in [3.05, 3.63) is 44.5 Å². The molecule has 0 amide bonds. The maximum absolute atomic E-state index is 10.2. The van der Waals surface area contributed by atoms with Crippen molar-refractivity contribution < 1.29 is 9.85 Å². The molecule has 0 spiro atoms. The fourth-order valence-electron chi connectivity index (χ4n) is 0.720. The first-order chi connectivity index (χ1) is 5.61. The molecule has 0 N–H and O–H groups in total. The average molecular weight is 192 g/mol. The summed E-state index contributed by atoms with van der Waals surface area (Å²) < 4.78 is 0. The van der Waals surface area contributed by atoms with Crippen molar-refractivity contribution >= 4 is 40.9 Å². The third kappa shape index (κ3) is 3.10. The van der Waals surface area contributed by atoms with Gasteiger partial charge in [-0.3, -0.25) is 20.2 Å². The molecule has 0 aliphatic carbocycles. The molecule has 0 aromatic heterocycles. The van der Waals surface area contributed by atoms with Crippen molar-refractivity contribution in [3.8, 4) is 0 Å². The summed E-state index contributed by atoms with van der Waals surface area (Å²) in [7, 11) is 0. The van der Waals surface area contributed by atoms with Crippen LogP contribution >= 0.6 is 0 Å². The summed E-state index contributed by atoms with van der Waals surface area (Å²) in [4.78, 5) is 19.0. The Kier molecular flexibility index (Phi) is 4.53. The topological polar surface area (TPSA) is 86.3 Å². The van der Waals surface area contributed by atoms with Crippen molar-refractivity contribution in [2.45, 2.75) is 0 Å².